The zero-order chi connectivity index (χ0) is 19.3. The van der Waals surface area contributed by atoms with Crippen LogP contribution in [0.5, 0.6) is 0 Å². The first kappa shape index (κ1) is 18.0. The first-order valence-corrected chi connectivity index (χ1v) is 9.41. The Balaban J connectivity index is 1.32. The summed E-state index contributed by atoms with van der Waals surface area (Å²) >= 11 is 0. The number of aromatic nitrogens is 6. The summed E-state index contributed by atoms with van der Waals surface area (Å²) in [5.41, 5.74) is 1.35. The van der Waals surface area contributed by atoms with Gasteiger partial charge in [-0.1, -0.05) is 6.92 Å². The van der Waals surface area contributed by atoms with Crippen LogP contribution in [0, 0.1) is 0 Å². The number of carbonyl (C=O) groups excluding carboxylic acids is 1. The number of hydrogen-bond donors (Lipinski definition) is 1. The Bertz CT molecular complexity index is 917. The van der Waals surface area contributed by atoms with Gasteiger partial charge in [0.05, 0.1) is 0 Å². The van der Waals surface area contributed by atoms with Crippen molar-refractivity contribution in [2.45, 2.75) is 32.2 Å². The molecule has 1 saturated heterocycles. The number of amides is 1. The fourth-order valence-corrected chi connectivity index (χ4v) is 3.24. The lowest BCUT2D eigenvalue weighted by Gasteiger charge is -2.33. The lowest BCUT2D eigenvalue weighted by atomic mass is 10.0. The SMILES string of the molecule is CCc1cc(N2CCC(NC(=O)c3ccc(-n4ccnc4)nn3)CC2)ncn1. The number of piperidine rings is 1. The van der Waals surface area contributed by atoms with Gasteiger partial charge in [0.25, 0.3) is 5.91 Å². The van der Waals surface area contributed by atoms with Gasteiger partial charge in [0.2, 0.25) is 0 Å². The largest absolute Gasteiger partial charge is 0.356 e. The Morgan fingerprint density at radius 2 is 2.04 bits per heavy atom. The molecule has 1 N–H and O–H groups in total. The third kappa shape index (κ3) is 3.98. The van der Waals surface area contributed by atoms with Crippen molar-refractivity contribution in [3.05, 3.63) is 54.6 Å². The first-order chi connectivity index (χ1) is 13.7. The van der Waals surface area contributed by atoms with Crippen molar-refractivity contribution in [1.82, 2.24) is 35.0 Å². The molecule has 1 fully saturated rings. The number of rotatable bonds is 5. The van der Waals surface area contributed by atoms with Crippen molar-refractivity contribution in [2.24, 2.45) is 0 Å². The molecule has 3 aromatic rings. The Morgan fingerprint density at radius 1 is 1.18 bits per heavy atom. The molecule has 1 amide bonds. The zero-order valence-corrected chi connectivity index (χ0v) is 15.7. The quantitative estimate of drug-likeness (QED) is 0.716. The molecule has 1 aliphatic rings. The lowest BCUT2D eigenvalue weighted by molar-refractivity contribution is 0.0925. The van der Waals surface area contributed by atoms with Crippen LogP contribution >= 0.6 is 0 Å². The van der Waals surface area contributed by atoms with Crippen LogP contribution in [0.3, 0.4) is 0 Å². The molecule has 4 heterocycles. The maximum Gasteiger partial charge on any atom is 0.272 e. The summed E-state index contributed by atoms with van der Waals surface area (Å²) in [5.74, 6) is 1.38. The van der Waals surface area contributed by atoms with Crippen molar-refractivity contribution in [3.63, 3.8) is 0 Å². The van der Waals surface area contributed by atoms with Crippen molar-refractivity contribution < 1.29 is 4.79 Å². The molecule has 0 saturated carbocycles. The van der Waals surface area contributed by atoms with Gasteiger partial charge in [-0.05, 0) is 31.4 Å². The highest BCUT2D eigenvalue weighted by Gasteiger charge is 2.22. The number of nitrogens with one attached hydrogen (secondary N) is 1. The van der Waals surface area contributed by atoms with Gasteiger partial charge in [0.15, 0.2) is 11.5 Å². The van der Waals surface area contributed by atoms with E-state index >= 15 is 0 Å². The van der Waals surface area contributed by atoms with Gasteiger partial charge in [0.1, 0.15) is 18.5 Å². The second-order valence-corrected chi connectivity index (χ2v) is 6.70. The molecule has 3 aromatic heterocycles. The summed E-state index contributed by atoms with van der Waals surface area (Å²) in [5, 5.41) is 11.2. The van der Waals surface area contributed by atoms with E-state index in [4.69, 9.17) is 0 Å². The van der Waals surface area contributed by atoms with E-state index in [0.717, 1.165) is 43.9 Å². The van der Waals surface area contributed by atoms with E-state index in [1.165, 1.54) is 0 Å². The van der Waals surface area contributed by atoms with Gasteiger partial charge in [0, 0.05) is 43.3 Å². The molecule has 28 heavy (non-hydrogen) atoms. The van der Waals surface area contributed by atoms with Gasteiger partial charge in [-0.2, -0.15) is 0 Å². The topological polar surface area (TPSA) is 102 Å². The van der Waals surface area contributed by atoms with Crippen molar-refractivity contribution in [1.29, 1.82) is 0 Å². The fraction of sp³-hybridized carbons (Fsp3) is 0.368. The molecule has 0 bridgehead atoms. The lowest BCUT2D eigenvalue weighted by Crippen LogP contribution is -2.45. The molecule has 4 rings (SSSR count). The van der Waals surface area contributed by atoms with Gasteiger partial charge < -0.3 is 10.2 Å². The number of imidazole rings is 1. The van der Waals surface area contributed by atoms with Crippen LogP contribution in [-0.2, 0) is 6.42 Å². The van der Waals surface area contributed by atoms with E-state index in [9.17, 15) is 4.79 Å². The van der Waals surface area contributed by atoms with Crippen LogP contribution in [-0.4, -0.2) is 54.8 Å². The van der Waals surface area contributed by atoms with Crippen LogP contribution < -0.4 is 10.2 Å². The molecule has 0 aromatic carbocycles. The maximum absolute atomic E-state index is 12.5. The summed E-state index contributed by atoms with van der Waals surface area (Å²) < 4.78 is 1.74. The fourth-order valence-electron chi connectivity index (χ4n) is 3.24. The van der Waals surface area contributed by atoms with E-state index < -0.39 is 0 Å². The Labute approximate surface area is 162 Å². The van der Waals surface area contributed by atoms with Gasteiger partial charge in [-0.3, -0.25) is 9.36 Å². The molecule has 144 valence electrons. The van der Waals surface area contributed by atoms with Crippen LogP contribution in [0.2, 0.25) is 0 Å². The number of carbonyl (C=O) groups is 1. The highest BCUT2D eigenvalue weighted by Crippen LogP contribution is 2.18. The van der Waals surface area contributed by atoms with E-state index in [-0.39, 0.29) is 11.9 Å². The predicted molar refractivity (Wildman–Crippen MR) is 103 cm³/mol. The molecule has 9 nitrogen and oxygen atoms in total. The third-order valence-electron chi connectivity index (χ3n) is 4.88. The molecule has 0 aliphatic carbocycles. The average Bonchev–Trinajstić information content (AvgIpc) is 3.29. The Morgan fingerprint density at radius 3 is 2.71 bits per heavy atom. The van der Waals surface area contributed by atoms with Crippen molar-refractivity contribution in [2.75, 3.05) is 18.0 Å². The Hall–Kier alpha value is -3.36. The van der Waals surface area contributed by atoms with Crippen LogP contribution in [0.1, 0.15) is 35.9 Å². The van der Waals surface area contributed by atoms with Crippen molar-refractivity contribution >= 4 is 11.7 Å². The number of anilines is 1. The summed E-state index contributed by atoms with van der Waals surface area (Å²) in [4.78, 5) is 27.3. The smallest absolute Gasteiger partial charge is 0.272 e. The molecule has 0 spiro atoms. The molecule has 0 radical (unpaired) electrons. The maximum atomic E-state index is 12.5. The summed E-state index contributed by atoms with van der Waals surface area (Å²) in [6, 6.07) is 5.59. The van der Waals surface area contributed by atoms with Gasteiger partial charge in [-0.15, -0.1) is 10.2 Å². The number of aryl methyl sites for hydroxylation is 1. The molecule has 0 unspecified atom stereocenters. The highest BCUT2D eigenvalue weighted by atomic mass is 16.2. The van der Waals surface area contributed by atoms with E-state index in [2.05, 4.69) is 42.3 Å². The van der Waals surface area contributed by atoms with Crippen LogP contribution in [0.15, 0.2) is 43.2 Å². The number of nitrogens with zero attached hydrogens (tertiary/aromatic N) is 7. The zero-order valence-electron chi connectivity index (χ0n) is 15.7. The minimum absolute atomic E-state index is 0.117. The second kappa shape index (κ2) is 8.12. The average molecular weight is 378 g/mol. The van der Waals surface area contributed by atoms with E-state index in [0.29, 0.717) is 11.5 Å². The summed E-state index contributed by atoms with van der Waals surface area (Å²) in [6.45, 7) is 3.77. The monoisotopic (exact) mass is 378 g/mol. The molecule has 0 atom stereocenters. The minimum atomic E-state index is -0.196. The minimum Gasteiger partial charge on any atom is -0.356 e. The van der Waals surface area contributed by atoms with Crippen LogP contribution in [0.25, 0.3) is 5.82 Å². The normalized spacial score (nSPS) is 14.8. The molecular formula is C19H22N8O. The molecular weight excluding hydrogens is 356 g/mol. The summed E-state index contributed by atoms with van der Waals surface area (Å²) in [6.07, 6.45) is 9.31. The van der Waals surface area contributed by atoms with E-state index in [1.807, 2.05) is 6.07 Å². The highest BCUT2D eigenvalue weighted by molar-refractivity contribution is 5.92. The third-order valence-corrected chi connectivity index (χ3v) is 4.88. The van der Waals surface area contributed by atoms with Gasteiger partial charge in [-0.25, -0.2) is 15.0 Å². The van der Waals surface area contributed by atoms with Crippen molar-refractivity contribution in [3.8, 4) is 5.82 Å². The first-order valence-electron chi connectivity index (χ1n) is 9.41. The van der Waals surface area contributed by atoms with Crippen LogP contribution in [0.4, 0.5) is 5.82 Å². The Kier molecular flexibility index (Phi) is 5.22. The predicted octanol–water partition coefficient (Wildman–Crippen LogP) is 1.41. The van der Waals surface area contributed by atoms with E-state index in [1.54, 1.807) is 41.7 Å². The summed E-state index contributed by atoms with van der Waals surface area (Å²) in [7, 11) is 0. The molecule has 1 aliphatic heterocycles. The standard InChI is InChI=1S/C19H22N8O/c1-2-14-11-18(22-12-21-14)26-8-5-15(6-9-26)23-19(28)16-3-4-17(25-24-16)27-10-7-20-13-27/h3-4,7,10-13,15H,2,5-6,8-9H2,1H3,(H,23,28). The molecule has 9 heteroatoms. The number of hydrogen-bond acceptors (Lipinski definition) is 7. The van der Waals surface area contributed by atoms with Gasteiger partial charge >= 0.3 is 0 Å². The second-order valence-electron chi connectivity index (χ2n) is 6.70.